The zero-order valence-corrected chi connectivity index (χ0v) is 10.1. The number of carbonyl (C=O) groups is 1. The van der Waals surface area contributed by atoms with Gasteiger partial charge in [-0.05, 0) is 37.0 Å². The van der Waals surface area contributed by atoms with Crippen molar-refractivity contribution >= 4 is 5.97 Å². The van der Waals surface area contributed by atoms with E-state index in [2.05, 4.69) is 18.8 Å². The summed E-state index contributed by atoms with van der Waals surface area (Å²) in [5, 5.41) is 0. The molecule has 0 aliphatic rings. The van der Waals surface area contributed by atoms with Crippen molar-refractivity contribution in [1.82, 2.24) is 4.98 Å². The van der Waals surface area contributed by atoms with Crippen LogP contribution < -0.4 is 0 Å². The molecule has 0 fully saturated rings. The molecule has 0 radical (unpaired) electrons. The molecule has 0 N–H and O–H groups in total. The van der Waals surface area contributed by atoms with Gasteiger partial charge in [-0.25, -0.2) is 0 Å². The van der Waals surface area contributed by atoms with Gasteiger partial charge in [0.05, 0.1) is 12.5 Å². The molecule has 0 aromatic carbocycles. The van der Waals surface area contributed by atoms with Crippen molar-refractivity contribution < 1.29 is 9.53 Å². The highest BCUT2D eigenvalue weighted by molar-refractivity contribution is 5.72. The van der Waals surface area contributed by atoms with Crippen molar-refractivity contribution in [3.63, 3.8) is 0 Å². The summed E-state index contributed by atoms with van der Waals surface area (Å²) in [4.78, 5) is 15.5. The molecule has 1 aromatic rings. The molecule has 0 saturated heterocycles. The van der Waals surface area contributed by atoms with E-state index in [1.54, 1.807) is 12.4 Å². The van der Waals surface area contributed by atoms with Gasteiger partial charge in [0.1, 0.15) is 0 Å². The molecule has 3 nitrogen and oxygen atoms in total. The second kappa shape index (κ2) is 6.26. The standard InChI is InChI=1S/C13H19NO2/c1-10(2)8-11(3)16-13(15)9-12-4-6-14-7-5-12/h4-7,10-11H,8-9H2,1-3H3/t11-/m1/s1. The van der Waals surface area contributed by atoms with E-state index in [1.165, 1.54) is 0 Å². The Hall–Kier alpha value is -1.38. The highest BCUT2D eigenvalue weighted by atomic mass is 16.5. The Balaban J connectivity index is 2.36. The van der Waals surface area contributed by atoms with Crippen molar-refractivity contribution in [2.75, 3.05) is 0 Å². The minimum atomic E-state index is -0.167. The third kappa shape index (κ3) is 4.91. The summed E-state index contributed by atoms with van der Waals surface area (Å²) < 4.78 is 5.31. The Morgan fingerprint density at radius 2 is 1.94 bits per heavy atom. The molecule has 3 heteroatoms. The molecule has 0 spiro atoms. The molecule has 88 valence electrons. The smallest absolute Gasteiger partial charge is 0.310 e. The second-order valence-electron chi connectivity index (χ2n) is 4.46. The monoisotopic (exact) mass is 221 g/mol. The largest absolute Gasteiger partial charge is 0.462 e. The number of hydrogen-bond acceptors (Lipinski definition) is 3. The maximum atomic E-state index is 11.6. The Morgan fingerprint density at radius 1 is 1.31 bits per heavy atom. The van der Waals surface area contributed by atoms with E-state index in [-0.39, 0.29) is 12.1 Å². The molecule has 0 aliphatic carbocycles. The van der Waals surface area contributed by atoms with Gasteiger partial charge < -0.3 is 4.74 Å². The van der Waals surface area contributed by atoms with Gasteiger partial charge in [0.15, 0.2) is 0 Å². The van der Waals surface area contributed by atoms with Gasteiger partial charge >= 0.3 is 5.97 Å². The maximum Gasteiger partial charge on any atom is 0.310 e. The van der Waals surface area contributed by atoms with Crippen molar-refractivity contribution in [2.24, 2.45) is 5.92 Å². The molecule has 0 aliphatic heterocycles. The Kier molecular flexibility index (Phi) is 4.96. The molecule has 16 heavy (non-hydrogen) atoms. The van der Waals surface area contributed by atoms with E-state index in [0.717, 1.165) is 12.0 Å². The number of carbonyl (C=O) groups excluding carboxylic acids is 1. The van der Waals surface area contributed by atoms with Gasteiger partial charge in [0.2, 0.25) is 0 Å². The first kappa shape index (κ1) is 12.7. The predicted molar refractivity (Wildman–Crippen MR) is 63.0 cm³/mol. The number of aromatic nitrogens is 1. The lowest BCUT2D eigenvalue weighted by Gasteiger charge is -2.15. The van der Waals surface area contributed by atoms with Crippen LogP contribution >= 0.6 is 0 Å². The van der Waals surface area contributed by atoms with Gasteiger partial charge in [0.25, 0.3) is 0 Å². The van der Waals surface area contributed by atoms with Crippen LogP contribution in [0.25, 0.3) is 0 Å². The molecule has 0 unspecified atom stereocenters. The van der Waals surface area contributed by atoms with Gasteiger partial charge in [-0.15, -0.1) is 0 Å². The first-order valence-corrected chi connectivity index (χ1v) is 5.66. The minimum Gasteiger partial charge on any atom is -0.462 e. The van der Waals surface area contributed by atoms with Crippen LogP contribution in [0.1, 0.15) is 32.8 Å². The van der Waals surface area contributed by atoms with Crippen LogP contribution in [0.2, 0.25) is 0 Å². The van der Waals surface area contributed by atoms with E-state index < -0.39 is 0 Å². The fourth-order valence-corrected chi connectivity index (χ4v) is 1.65. The lowest BCUT2D eigenvalue weighted by Crippen LogP contribution is -2.18. The topological polar surface area (TPSA) is 39.2 Å². The second-order valence-corrected chi connectivity index (χ2v) is 4.46. The first-order chi connectivity index (χ1) is 7.58. The summed E-state index contributed by atoms with van der Waals surface area (Å²) in [6.45, 7) is 6.17. The number of ether oxygens (including phenoxy) is 1. The summed E-state index contributed by atoms with van der Waals surface area (Å²) in [5.41, 5.74) is 0.941. The third-order valence-corrected chi connectivity index (χ3v) is 2.23. The molecule has 0 saturated carbocycles. The summed E-state index contributed by atoms with van der Waals surface area (Å²) >= 11 is 0. The maximum absolute atomic E-state index is 11.6. The lowest BCUT2D eigenvalue weighted by atomic mass is 10.1. The molecule has 0 bridgehead atoms. The van der Waals surface area contributed by atoms with Gasteiger partial charge in [-0.3, -0.25) is 9.78 Å². The van der Waals surface area contributed by atoms with E-state index in [4.69, 9.17) is 4.74 Å². The van der Waals surface area contributed by atoms with Crippen molar-refractivity contribution in [3.05, 3.63) is 30.1 Å². The van der Waals surface area contributed by atoms with Crippen LogP contribution in [0.15, 0.2) is 24.5 Å². The summed E-state index contributed by atoms with van der Waals surface area (Å²) in [6.07, 6.45) is 4.59. The van der Waals surface area contributed by atoms with Crippen LogP contribution in [0.5, 0.6) is 0 Å². The van der Waals surface area contributed by atoms with Gasteiger partial charge in [0, 0.05) is 12.4 Å². The summed E-state index contributed by atoms with van der Waals surface area (Å²) in [5.74, 6) is 0.378. The lowest BCUT2D eigenvalue weighted by molar-refractivity contribution is -0.148. The first-order valence-electron chi connectivity index (χ1n) is 5.66. The van der Waals surface area contributed by atoms with Crippen LogP contribution in [0.3, 0.4) is 0 Å². The highest BCUT2D eigenvalue weighted by Gasteiger charge is 2.11. The number of pyridine rings is 1. The van der Waals surface area contributed by atoms with E-state index in [0.29, 0.717) is 12.3 Å². The molecular weight excluding hydrogens is 202 g/mol. The number of hydrogen-bond donors (Lipinski definition) is 0. The Morgan fingerprint density at radius 3 is 2.50 bits per heavy atom. The Bertz CT molecular complexity index is 322. The fourth-order valence-electron chi connectivity index (χ4n) is 1.65. The van der Waals surface area contributed by atoms with E-state index >= 15 is 0 Å². The van der Waals surface area contributed by atoms with Gasteiger partial charge in [-0.2, -0.15) is 0 Å². The molecule has 1 aromatic heterocycles. The fraction of sp³-hybridized carbons (Fsp3) is 0.538. The summed E-state index contributed by atoms with van der Waals surface area (Å²) in [6, 6.07) is 3.66. The molecular formula is C13H19NO2. The van der Waals surface area contributed by atoms with Crippen LogP contribution in [0.4, 0.5) is 0 Å². The van der Waals surface area contributed by atoms with E-state index in [9.17, 15) is 4.79 Å². The number of esters is 1. The number of rotatable bonds is 5. The van der Waals surface area contributed by atoms with Crippen LogP contribution in [0, 0.1) is 5.92 Å². The predicted octanol–water partition coefficient (Wildman–Crippen LogP) is 2.60. The molecule has 1 atom stereocenters. The Labute approximate surface area is 96.8 Å². The normalized spacial score (nSPS) is 12.5. The van der Waals surface area contributed by atoms with Crippen molar-refractivity contribution in [3.8, 4) is 0 Å². The molecule has 1 heterocycles. The quantitative estimate of drug-likeness (QED) is 0.717. The van der Waals surface area contributed by atoms with Crippen molar-refractivity contribution in [1.29, 1.82) is 0 Å². The zero-order valence-electron chi connectivity index (χ0n) is 10.1. The van der Waals surface area contributed by atoms with Gasteiger partial charge in [-0.1, -0.05) is 13.8 Å². The summed E-state index contributed by atoms with van der Waals surface area (Å²) in [7, 11) is 0. The average Bonchev–Trinajstić information content (AvgIpc) is 2.17. The van der Waals surface area contributed by atoms with E-state index in [1.807, 2.05) is 19.1 Å². The average molecular weight is 221 g/mol. The van der Waals surface area contributed by atoms with Crippen molar-refractivity contribution in [2.45, 2.75) is 39.7 Å². The number of nitrogens with zero attached hydrogens (tertiary/aromatic N) is 1. The third-order valence-electron chi connectivity index (χ3n) is 2.23. The zero-order chi connectivity index (χ0) is 12.0. The SMILES string of the molecule is CC(C)C[C@@H](C)OC(=O)Cc1ccncc1. The molecule has 1 rings (SSSR count). The minimum absolute atomic E-state index is 0.00524. The van der Waals surface area contributed by atoms with Crippen LogP contribution in [-0.4, -0.2) is 17.1 Å². The van der Waals surface area contributed by atoms with Crippen LogP contribution in [-0.2, 0) is 16.0 Å². The highest BCUT2D eigenvalue weighted by Crippen LogP contribution is 2.09. The molecule has 0 amide bonds.